The minimum atomic E-state index is 1.23. The number of benzene rings is 10. The Morgan fingerprint density at radius 3 is 1.49 bits per heavy atom. The van der Waals surface area contributed by atoms with Gasteiger partial charge < -0.3 is 0 Å². The molecule has 0 fully saturated rings. The van der Waals surface area contributed by atoms with E-state index in [-0.39, 0.29) is 0 Å². The van der Waals surface area contributed by atoms with Crippen LogP contribution < -0.4 is 0 Å². The Morgan fingerprint density at radius 1 is 0.264 bits per heavy atom. The van der Waals surface area contributed by atoms with E-state index in [0.29, 0.717) is 0 Å². The van der Waals surface area contributed by atoms with E-state index in [4.69, 9.17) is 0 Å². The van der Waals surface area contributed by atoms with E-state index in [1.54, 1.807) is 0 Å². The van der Waals surface area contributed by atoms with Gasteiger partial charge in [-0.2, -0.15) is 0 Å². The van der Waals surface area contributed by atoms with Crippen LogP contribution in [0.5, 0.6) is 0 Å². The number of fused-ring (bicyclic) bond motifs is 8. The van der Waals surface area contributed by atoms with Gasteiger partial charge in [0.05, 0.1) is 0 Å². The first-order chi connectivity index (χ1) is 26.3. The quantitative estimate of drug-likeness (QED) is 0.162. The van der Waals surface area contributed by atoms with Gasteiger partial charge in [-0.15, -0.1) is 11.3 Å². The molecular weight excluding hydrogens is 657 g/mol. The smallest absolute Gasteiger partial charge is 0.0433 e. The summed E-state index contributed by atoms with van der Waals surface area (Å²) in [5, 5.41) is 12.9. The Labute approximate surface area is 311 Å². The summed E-state index contributed by atoms with van der Waals surface area (Å²) in [6, 6.07) is 71.7. The highest BCUT2D eigenvalue weighted by Crippen LogP contribution is 2.45. The molecule has 11 rings (SSSR count). The summed E-state index contributed by atoms with van der Waals surface area (Å²) in [6.45, 7) is 0. The van der Waals surface area contributed by atoms with Crippen LogP contribution >= 0.6 is 11.3 Å². The second kappa shape index (κ2) is 12.0. The van der Waals surface area contributed by atoms with Crippen molar-refractivity contribution in [3.63, 3.8) is 0 Å². The number of hydrogen-bond donors (Lipinski definition) is 0. The molecule has 0 nitrogen and oxygen atoms in total. The molecule has 0 spiro atoms. The van der Waals surface area contributed by atoms with Crippen LogP contribution in [-0.4, -0.2) is 0 Å². The first-order valence-corrected chi connectivity index (χ1v) is 19.1. The average Bonchev–Trinajstić information content (AvgIpc) is 3.61. The standard InChI is InChI=1S/C52H32S/c1-3-16-40-33(11-1)13-10-22-41(40)35-23-25-36(26-24-35)50-43-18-5-7-20-45(43)51(46-21-8-6-19-44(46)50)39-15-9-14-37(31-39)38-28-30-49-48(32-38)47-29-27-34-12-2-4-17-42(34)52(47)53-49/h1-32H. The van der Waals surface area contributed by atoms with Crippen LogP contribution in [-0.2, 0) is 0 Å². The Morgan fingerprint density at radius 2 is 0.774 bits per heavy atom. The summed E-state index contributed by atoms with van der Waals surface area (Å²) in [5.74, 6) is 0. The fourth-order valence-corrected chi connectivity index (χ4v) is 9.80. The second-order valence-corrected chi connectivity index (χ2v) is 15.1. The van der Waals surface area contributed by atoms with Crippen molar-refractivity contribution in [3.05, 3.63) is 194 Å². The summed E-state index contributed by atoms with van der Waals surface area (Å²) in [7, 11) is 0. The Hall–Kier alpha value is -6.54. The summed E-state index contributed by atoms with van der Waals surface area (Å²) in [6.07, 6.45) is 0. The largest absolute Gasteiger partial charge is 0.135 e. The molecule has 0 bridgehead atoms. The minimum absolute atomic E-state index is 1.23. The second-order valence-electron chi connectivity index (χ2n) is 14.0. The minimum Gasteiger partial charge on any atom is -0.135 e. The fraction of sp³-hybridized carbons (Fsp3) is 0. The molecule has 53 heavy (non-hydrogen) atoms. The topological polar surface area (TPSA) is 0 Å². The fourth-order valence-electron chi connectivity index (χ4n) is 8.58. The van der Waals surface area contributed by atoms with Crippen molar-refractivity contribution in [2.45, 2.75) is 0 Å². The van der Waals surface area contributed by atoms with Gasteiger partial charge in [0.25, 0.3) is 0 Å². The predicted molar refractivity (Wildman–Crippen MR) is 231 cm³/mol. The monoisotopic (exact) mass is 688 g/mol. The molecule has 0 atom stereocenters. The summed E-state index contributed by atoms with van der Waals surface area (Å²) in [5.41, 5.74) is 9.98. The van der Waals surface area contributed by atoms with E-state index in [1.165, 1.54) is 108 Å². The molecule has 0 aliphatic heterocycles. The number of thiophene rings is 1. The van der Waals surface area contributed by atoms with Crippen molar-refractivity contribution in [1.82, 2.24) is 0 Å². The van der Waals surface area contributed by atoms with E-state index in [1.807, 2.05) is 11.3 Å². The predicted octanol–water partition coefficient (Wildman–Crippen LogP) is 15.3. The molecule has 0 amide bonds. The van der Waals surface area contributed by atoms with E-state index in [0.717, 1.165) is 0 Å². The molecule has 10 aromatic carbocycles. The van der Waals surface area contributed by atoms with Crippen molar-refractivity contribution in [3.8, 4) is 44.5 Å². The maximum Gasteiger partial charge on any atom is 0.0433 e. The molecule has 1 heteroatoms. The van der Waals surface area contributed by atoms with Crippen molar-refractivity contribution in [1.29, 1.82) is 0 Å². The van der Waals surface area contributed by atoms with Gasteiger partial charge in [-0.3, -0.25) is 0 Å². The average molecular weight is 689 g/mol. The maximum absolute atomic E-state index is 2.39. The molecule has 0 saturated heterocycles. The molecule has 0 unspecified atom stereocenters. The number of hydrogen-bond acceptors (Lipinski definition) is 1. The first-order valence-electron chi connectivity index (χ1n) is 18.3. The normalized spacial score (nSPS) is 11.8. The van der Waals surface area contributed by atoms with Gasteiger partial charge in [-0.05, 0) is 106 Å². The molecule has 246 valence electrons. The van der Waals surface area contributed by atoms with E-state index in [2.05, 4.69) is 194 Å². The Kier molecular flexibility index (Phi) is 6.83. The number of rotatable bonds is 4. The molecule has 11 aromatic rings. The van der Waals surface area contributed by atoms with Crippen LogP contribution in [0.2, 0.25) is 0 Å². The van der Waals surface area contributed by atoms with Gasteiger partial charge in [0.1, 0.15) is 0 Å². The lowest BCUT2D eigenvalue weighted by Crippen LogP contribution is -1.91. The van der Waals surface area contributed by atoms with Gasteiger partial charge in [0.15, 0.2) is 0 Å². The molecule has 0 aliphatic rings. The zero-order valence-electron chi connectivity index (χ0n) is 28.9. The van der Waals surface area contributed by atoms with Crippen LogP contribution in [0.15, 0.2) is 194 Å². The highest BCUT2D eigenvalue weighted by Gasteiger charge is 2.18. The van der Waals surface area contributed by atoms with Crippen molar-refractivity contribution in [2.24, 2.45) is 0 Å². The van der Waals surface area contributed by atoms with E-state index >= 15 is 0 Å². The zero-order chi connectivity index (χ0) is 34.9. The SMILES string of the molecule is c1cc(-c2ccc3sc4c5ccccc5ccc4c3c2)cc(-c2c3ccccc3c(-c3ccc(-c4cccc5ccccc45)cc3)c3ccccc23)c1. The molecule has 1 heterocycles. The third kappa shape index (κ3) is 4.82. The van der Waals surface area contributed by atoms with Crippen LogP contribution in [0.3, 0.4) is 0 Å². The van der Waals surface area contributed by atoms with Crippen molar-refractivity contribution < 1.29 is 0 Å². The summed E-state index contributed by atoms with van der Waals surface area (Å²) >= 11 is 1.90. The maximum atomic E-state index is 2.39. The van der Waals surface area contributed by atoms with Gasteiger partial charge in [0.2, 0.25) is 0 Å². The molecule has 0 aliphatic carbocycles. The van der Waals surface area contributed by atoms with Crippen LogP contribution in [0.4, 0.5) is 0 Å². The Bertz CT molecular complexity index is 3150. The molecule has 0 N–H and O–H groups in total. The van der Waals surface area contributed by atoms with Gasteiger partial charge in [-0.1, -0.05) is 176 Å². The highest BCUT2D eigenvalue weighted by atomic mass is 32.1. The van der Waals surface area contributed by atoms with E-state index in [9.17, 15) is 0 Å². The molecular formula is C52H32S. The van der Waals surface area contributed by atoms with E-state index < -0.39 is 0 Å². The van der Waals surface area contributed by atoms with Gasteiger partial charge in [-0.25, -0.2) is 0 Å². The van der Waals surface area contributed by atoms with Crippen LogP contribution in [0.25, 0.3) is 108 Å². The third-order valence-corrected chi connectivity index (χ3v) is 12.3. The summed E-state index contributed by atoms with van der Waals surface area (Å²) in [4.78, 5) is 0. The lowest BCUT2D eigenvalue weighted by atomic mass is 9.85. The first kappa shape index (κ1) is 30.1. The third-order valence-electron chi connectivity index (χ3n) is 11.1. The van der Waals surface area contributed by atoms with Gasteiger partial charge >= 0.3 is 0 Å². The van der Waals surface area contributed by atoms with Crippen molar-refractivity contribution in [2.75, 3.05) is 0 Å². The van der Waals surface area contributed by atoms with Crippen LogP contribution in [0.1, 0.15) is 0 Å². The molecule has 0 radical (unpaired) electrons. The van der Waals surface area contributed by atoms with Crippen LogP contribution in [0, 0.1) is 0 Å². The lowest BCUT2D eigenvalue weighted by molar-refractivity contribution is 1.62. The van der Waals surface area contributed by atoms with Crippen molar-refractivity contribution >= 4 is 74.6 Å². The molecule has 0 saturated carbocycles. The molecule has 1 aromatic heterocycles. The summed E-state index contributed by atoms with van der Waals surface area (Å²) < 4.78 is 2.69. The highest BCUT2D eigenvalue weighted by molar-refractivity contribution is 7.26. The zero-order valence-corrected chi connectivity index (χ0v) is 29.7. The van der Waals surface area contributed by atoms with Gasteiger partial charge in [0, 0.05) is 20.2 Å². The lowest BCUT2D eigenvalue weighted by Gasteiger charge is -2.18. The Balaban J connectivity index is 1.06.